The molecule has 1 N–H and O–H groups in total. The van der Waals surface area contributed by atoms with Gasteiger partial charge in [-0.05, 0) is 38.9 Å². The standard InChI is InChI=1S/C16H23N3/c1-5-17-16(14-9-7-12(3)8-10-14)15-11-13(4)18-19(15)6-2/h7-11,16-17H,5-6H2,1-4H3. The van der Waals surface area contributed by atoms with Crippen LogP contribution in [0.1, 0.15) is 42.4 Å². The molecule has 0 aliphatic heterocycles. The molecule has 0 aliphatic carbocycles. The molecule has 0 saturated heterocycles. The highest BCUT2D eigenvalue weighted by Gasteiger charge is 2.17. The van der Waals surface area contributed by atoms with Crippen LogP contribution < -0.4 is 5.32 Å². The molecule has 0 amide bonds. The molecule has 1 atom stereocenters. The minimum absolute atomic E-state index is 0.215. The molecule has 0 fully saturated rings. The van der Waals surface area contributed by atoms with Crippen molar-refractivity contribution in [3.63, 3.8) is 0 Å². The van der Waals surface area contributed by atoms with Crippen LogP contribution in [0.25, 0.3) is 0 Å². The molecule has 3 nitrogen and oxygen atoms in total. The Kier molecular flexibility index (Phi) is 4.38. The quantitative estimate of drug-likeness (QED) is 0.891. The van der Waals surface area contributed by atoms with Gasteiger partial charge in [-0.3, -0.25) is 4.68 Å². The van der Waals surface area contributed by atoms with Gasteiger partial charge in [0, 0.05) is 6.54 Å². The normalized spacial score (nSPS) is 12.6. The highest BCUT2D eigenvalue weighted by molar-refractivity contribution is 5.31. The summed E-state index contributed by atoms with van der Waals surface area (Å²) in [6.45, 7) is 10.3. The zero-order valence-corrected chi connectivity index (χ0v) is 12.3. The van der Waals surface area contributed by atoms with E-state index in [0.717, 1.165) is 18.8 Å². The van der Waals surface area contributed by atoms with E-state index in [2.05, 4.69) is 66.2 Å². The average Bonchev–Trinajstić information content (AvgIpc) is 2.78. The first kappa shape index (κ1) is 13.8. The van der Waals surface area contributed by atoms with E-state index < -0.39 is 0 Å². The number of benzene rings is 1. The van der Waals surface area contributed by atoms with Gasteiger partial charge in [0.05, 0.1) is 17.4 Å². The van der Waals surface area contributed by atoms with Crippen LogP contribution in [0, 0.1) is 13.8 Å². The summed E-state index contributed by atoms with van der Waals surface area (Å²) in [6.07, 6.45) is 0. The number of rotatable bonds is 5. The molecule has 1 aromatic carbocycles. The van der Waals surface area contributed by atoms with Crippen molar-refractivity contribution in [1.82, 2.24) is 15.1 Å². The number of aromatic nitrogens is 2. The van der Waals surface area contributed by atoms with Gasteiger partial charge in [0.1, 0.15) is 0 Å². The molecular formula is C16H23N3. The molecule has 19 heavy (non-hydrogen) atoms. The summed E-state index contributed by atoms with van der Waals surface area (Å²) in [4.78, 5) is 0. The van der Waals surface area contributed by atoms with Crippen LogP contribution in [-0.4, -0.2) is 16.3 Å². The molecule has 0 aliphatic rings. The van der Waals surface area contributed by atoms with Crippen LogP contribution in [0.3, 0.4) is 0 Å². The first-order valence-corrected chi connectivity index (χ1v) is 7.00. The van der Waals surface area contributed by atoms with Crippen LogP contribution in [0.5, 0.6) is 0 Å². The van der Waals surface area contributed by atoms with Crippen molar-refractivity contribution in [2.45, 2.75) is 40.3 Å². The largest absolute Gasteiger partial charge is 0.305 e. The van der Waals surface area contributed by atoms with Crippen LogP contribution in [0.2, 0.25) is 0 Å². The second-order valence-electron chi connectivity index (χ2n) is 4.93. The molecule has 0 saturated carbocycles. The maximum Gasteiger partial charge on any atom is 0.0748 e. The van der Waals surface area contributed by atoms with Crippen molar-refractivity contribution in [2.24, 2.45) is 0 Å². The Morgan fingerprint density at radius 3 is 2.42 bits per heavy atom. The zero-order valence-electron chi connectivity index (χ0n) is 12.3. The predicted molar refractivity (Wildman–Crippen MR) is 79.3 cm³/mol. The smallest absolute Gasteiger partial charge is 0.0748 e. The lowest BCUT2D eigenvalue weighted by molar-refractivity contribution is 0.541. The van der Waals surface area contributed by atoms with E-state index in [4.69, 9.17) is 0 Å². The average molecular weight is 257 g/mol. The molecule has 2 aromatic rings. The van der Waals surface area contributed by atoms with Crippen molar-refractivity contribution in [3.05, 3.63) is 52.8 Å². The number of hydrogen-bond acceptors (Lipinski definition) is 2. The van der Waals surface area contributed by atoms with Gasteiger partial charge < -0.3 is 5.32 Å². The third-order valence-corrected chi connectivity index (χ3v) is 3.35. The maximum absolute atomic E-state index is 4.55. The molecule has 0 radical (unpaired) electrons. The first-order chi connectivity index (χ1) is 9.15. The lowest BCUT2D eigenvalue weighted by Crippen LogP contribution is -2.24. The number of nitrogens with zero attached hydrogens (tertiary/aromatic N) is 2. The molecule has 1 aromatic heterocycles. The summed E-state index contributed by atoms with van der Waals surface area (Å²) >= 11 is 0. The molecule has 0 bridgehead atoms. The summed E-state index contributed by atoms with van der Waals surface area (Å²) in [6, 6.07) is 11.1. The lowest BCUT2D eigenvalue weighted by atomic mass is 10.0. The van der Waals surface area contributed by atoms with E-state index in [1.165, 1.54) is 16.8 Å². The molecule has 102 valence electrons. The van der Waals surface area contributed by atoms with Crippen molar-refractivity contribution in [3.8, 4) is 0 Å². The lowest BCUT2D eigenvalue weighted by Gasteiger charge is -2.19. The minimum Gasteiger partial charge on any atom is -0.305 e. The maximum atomic E-state index is 4.55. The number of hydrogen-bond donors (Lipinski definition) is 1. The second kappa shape index (κ2) is 6.02. The molecule has 0 spiro atoms. The summed E-state index contributed by atoms with van der Waals surface area (Å²) in [5, 5.41) is 8.11. The Bertz CT molecular complexity index is 525. The van der Waals surface area contributed by atoms with Crippen molar-refractivity contribution in [2.75, 3.05) is 6.54 Å². The summed E-state index contributed by atoms with van der Waals surface area (Å²) in [5.41, 5.74) is 4.90. The summed E-state index contributed by atoms with van der Waals surface area (Å²) in [5.74, 6) is 0. The van der Waals surface area contributed by atoms with Gasteiger partial charge in [-0.1, -0.05) is 36.8 Å². The van der Waals surface area contributed by atoms with Gasteiger partial charge in [0.25, 0.3) is 0 Å². The summed E-state index contributed by atoms with van der Waals surface area (Å²) < 4.78 is 2.09. The van der Waals surface area contributed by atoms with E-state index in [-0.39, 0.29) is 6.04 Å². The predicted octanol–water partition coefficient (Wildman–Crippen LogP) is 3.22. The number of aryl methyl sites for hydroxylation is 3. The SMILES string of the molecule is CCNC(c1ccc(C)cc1)c1cc(C)nn1CC. The molecular weight excluding hydrogens is 234 g/mol. The molecule has 1 unspecified atom stereocenters. The van der Waals surface area contributed by atoms with E-state index in [1.807, 2.05) is 6.92 Å². The third-order valence-electron chi connectivity index (χ3n) is 3.35. The van der Waals surface area contributed by atoms with Crippen LogP contribution in [0.15, 0.2) is 30.3 Å². The van der Waals surface area contributed by atoms with Gasteiger partial charge in [0.2, 0.25) is 0 Å². The van der Waals surface area contributed by atoms with E-state index in [0.29, 0.717) is 0 Å². The Hall–Kier alpha value is -1.61. The van der Waals surface area contributed by atoms with Crippen molar-refractivity contribution in [1.29, 1.82) is 0 Å². The zero-order chi connectivity index (χ0) is 13.8. The fourth-order valence-corrected chi connectivity index (χ4v) is 2.41. The summed E-state index contributed by atoms with van der Waals surface area (Å²) in [7, 11) is 0. The molecule has 3 heteroatoms. The minimum atomic E-state index is 0.215. The van der Waals surface area contributed by atoms with Crippen molar-refractivity contribution < 1.29 is 0 Å². The Labute approximate surface area is 115 Å². The number of nitrogens with one attached hydrogen (secondary N) is 1. The van der Waals surface area contributed by atoms with Gasteiger partial charge in [-0.15, -0.1) is 0 Å². The third kappa shape index (κ3) is 3.04. The molecule has 1 heterocycles. The molecule has 2 rings (SSSR count). The Morgan fingerprint density at radius 2 is 1.84 bits per heavy atom. The van der Waals surface area contributed by atoms with Gasteiger partial charge in [0.15, 0.2) is 0 Å². The Balaban J connectivity index is 2.41. The second-order valence-corrected chi connectivity index (χ2v) is 4.93. The first-order valence-electron chi connectivity index (χ1n) is 7.00. The van der Waals surface area contributed by atoms with Crippen LogP contribution in [-0.2, 0) is 6.54 Å². The van der Waals surface area contributed by atoms with Gasteiger partial charge in [-0.25, -0.2) is 0 Å². The topological polar surface area (TPSA) is 29.9 Å². The fourth-order valence-electron chi connectivity index (χ4n) is 2.41. The van der Waals surface area contributed by atoms with Crippen LogP contribution >= 0.6 is 0 Å². The van der Waals surface area contributed by atoms with E-state index >= 15 is 0 Å². The van der Waals surface area contributed by atoms with E-state index in [9.17, 15) is 0 Å². The van der Waals surface area contributed by atoms with Gasteiger partial charge >= 0.3 is 0 Å². The van der Waals surface area contributed by atoms with Crippen molar-refractivity contribution >= 4 is 0 Å². The fraction of sp³-hybridized carbons (Fsp3) is 0.438. The Morgan fingerprint density at radius 1 is 1.16 bits per heavy atom. The highest BCUT2D eigenvalue weighted by atomic mass is 15.3. The van der Waals surface area contributed by atoms with Crippen LogP contribution in [0.4, 0.5) is 0 Å². The highest BCUT2D eigenvalue weighted by Crippen LogP contribution is 2.23. The monoisotopic (exact) mass is 257 g/mol. The van der Waals surface area contributed by atoms with Gasteiger partial charge in [-0.2, -0.15) is 5.10 Å². The van der Waals surface area contributed by atoms with E-state index in [1.54, 1.807) is 0 Å².